The SMILES string of the molecule is c1ccc(C2(c3ccc(OCC4CO4)cc3)c3ccccc3-c3ccc(OCC4CO4)cc32)cc1. The summed E-state index contributed by atoms with van der Waals surface area (Å²) in [4.78, 5) is 0. The van der Waals surface area contributed by atoms with Crippen molar-refractivity contribution in [3.8, 4) is 22.6 Å². The van der Waals surface area contributed by atoms with Crippen LogP contribution in [0, 0.1) is 0 Å². The lowest BCUT2D eigenvalue weighted by atomic mass is 9.67. The van der Waals surface area contributed by atoms with Gasteiger partial charge in [-0.25, -0.2) is 0 Å². The summed E-state index contributed by atoms with van der Waals surface area (Å²) < 4.78 is 22.7. The zero-order chi connectivity index (χ0) is 23.2. The predicted molar refractivity (Wildman–Crippen MR) is 134 cm³/mol. The van der Waals surface area contributed by atoms with E-state index in [0.29, 0.717) is 13.2 Å². The van der Waals surface area contributed by atoms with Crippen molar-refractivity contribution in [3.05, 3.63) is 119 Å². The zero-order valence-electron chi connectivity index (χ0n) is 19.4. The van der Waals surface area contributed by atoms with Crippen LogP contribution >= 0.6 is 0 Å². The van der Waals surface area contributed by atoms with Crippen LogP contribution in [0.25, 0.3) is 11.1 Å². The maximum atomic E-state index is 6.14. The summed E-state index contributed by atoms with van der Waals surface area (Å²) in [7, 11) is 0. The van der Waals surface area contributed by atoms with Gasteiger partial charge in [-0.15, -0.1) is 0 Å². The Morgan fingerprint density at radius 2 is 1.17 bits per heavy atom. The summed E-state index contributed by atoms with van der Waals surface area (Å²) in [5.41, 5.74) is 6.99. The molecule has 0 aromatic heterocycles. The predicted octanol–water partition coefficient (Wildman–Crippen LogP) is 5.60. The van der Waals surface area contributed by atoms with Gasteiger partial charge in [0, 0.05) is 0 Å². The Balaban J connectivity index is 1.40. The minimum absolute atomic E-state index is 0.216. The molecular weight excluding hydrogens is 436 g/mol. The summed E-state index contributed by atoms with van der Waals surface area (Å²) in [5.74, 6) is 1.73. The van der Waals surface area contributed by atoms with Crippen molar-refractivity contribution in [2.75, 3.05) is 26.4 Å². The number of rotatable bonds is 8. The highest BCUT2D eigenvalue weighted by atomic mass is 16.6. The summed E-state index contributed by atoms with van der Waals surface area (Å²) in [6, 6.07) is 34.6. The molecule has 4 nitrogen and oxygen atoms in total. The van der Waals surface area contributed by atoms with Gasteiger partial charge >= 0.3 is 0 Å². The molecule has 3 unspecified atom stereocenters. The molecule has 0 saturated carbocycles. The Labute approximate surface area is 205 Å². The molecular formula is C31H26O4. The van der Waals surface area contributed by atoms with Crippen molar-refractivity contribution >= 4 is 0 Å². The fourth-order valence-electron chi connectivity index (χ4n) is 5.33. The number of epoxide rings is 2. The molecule has 0 amide bonds. The van der Waals surface area contributed by atoms with Crippen LogP contribution in [0.2, 0.25) is 0 Å². The average Bonchev–Trinajstić information content (AvgIpc) is 3.85. The van der Waals surface area contributed by atoms with E-state index < -0.39 is 5.41 Å². The van der Waals surface area contributed by atoms with Crippen LogP contribution in [0.1, 0.15) is 22.3 Å². The molecule has 3 aliphatic rings. The minimum atomic E-state index is -0.458. The van der Waals surface area contributed by atoms with E-state index in [-0.39, 0.29) is 12.2 Å². The monoisotopic (exact) mass is 462 g/mol. The first-order valence-corrected chi connectivity index (χ1v) is 12.2. The van der Waals surface area contributed by atoms with Gasteiger partial charge in [0.25, 0.3) is 0 Å². The van der Waals surface area contributed by atoms with Crippen LogP contribution in [0.5, 0.6) is 11.5 Å². The molecule has 2 aliphatic heterocycles. The van der Waals surface area contributed by atoms with E-state index >= 15 is 0 Å². The van der Waals surface area contributed by atoms with Crippen molar-refractivity contribution in [1.29, 1.82) is 0 Å². The van der Waals surface area contributed by atoms with E-state index in [1.54, 1.807) is 0 Å². The Hall–Kier alpha value is -3.60. The fraction of sp³-hybridized carbons (Fsp3) is 0.226. The van der Waals surface area contributed by atoms with Gasteiger partial charge in [-0.2, -0.15) is 0 Å². The second-order valence-corrected chi connectivity index (χ2v) is 9.43. The smallest absolute Gasteiger partial charge is 0.119 e. The Kier molecular flexibility index (Phi) is 4.90. The van der Waals surface area contributed by atoms with Gasteiger partial charge in [-0.3, -0.25) is 0 Å². The van der Waals surface area contributed by atoms with Crippen LogP contribution in [0.3, 0.4) is 0 Å². The summed E-state index contributed by atoms with van der Waals surface area (Å²) in [6.45, 7) is 2.76. The summed E-state index contributed by atoms with van der Waals surface area (Å²) in [6.07, 6.45) is 0.450. The fourth-order valence-corrected chi connectivity index (χ4v) is 5.33. The maximum Gasteiger partial charge on any atom is 0.119 e. The molecule has 174 valence electrons. The largest absolute Gasteiger partial charge is 0.491 e. The molecule has 7 rings (SSSR count). The van der Waals surface area contributed by atoms with Gasteiger partial charge in [0.05, 0.1) is 18.6 Å². The molecule has 0 spiro atoms. The van der Waals surface area contributed by atoms with Crippen molar-refractivity contribution in [2.45, 2.75) is 17.6 Å². The topological polar surface area (TPSA) is 43.5 Å². The van der Waals surface area contributed by atoms with Crippen molar-refractivity contribution in [2.24, 2.45) is 0 Å². The molecule has 2 heterocycles. The lowest BCUT2D eigenvalue weighted by molar-refractivity contribution is 0.262. The van der Waals surface area contributed by atoms with Gasteiger partial charge in [-0.1, -0.05) is 72.8 Å². The van der Waals surface area contributed by atoms with Crippen LogP contribution in [-0.2, 0) is 14.9 Å². The number of hydrogen-bond acceptors (Lipinski definition) is 4. The minimum Gasteiger partial charge on any atom is -0.491 e. The van der Waals surface area contributed by atoms with E-state index in [9.17, 15) is 0 Å². The maximum absolute atomic E-state index is 6.14. The lowest BCUT2D eigenvalue weighted by Gasteiger charge is -2.34. The van der Waals surface area contributed by atoms with Crippen LogP contribution in [0.4, 0.5) is 0 Å². The van der Waals surface area contributed by atoms with Gasteiger partial charge in [0.15, 0.2) is 0 Å². The zero-order valence-corrected chi connectivity index (χ0v) is 19.4. The number of hydrogen-bond donors (Lipinski definition) is 0. The normalized spacial score (nSPS) is 23.3. The standard InChI is InChI=1S/C31H26O4/c1-2-6-21(7-3-1)31(22-10-12-23(13-11-22)32-17-25-19-34-25)29-9-5-4-8-27(29)28-15-14-24(16-30(28)31)33-18-26-20-35-26/h1-16,25-26H,17-20H2. The van der Waals surface area contributed by atoms with Gasteiger partial charge < -0.3 is 18.9 Å². The van der Waals surface area contributed by atoms with E-state index in [0.717, 1.165) is 24.7 Å². The first-order chi connectivity index (χ1) is 17.3. The van der Waals surface area contributed by atoms with Crippen molar-refractivity contribution in [3.63, 3.8) is 0 Å². The van der Waals surface area contributed by atoms with Crippen LogP contribution in [0.15, 0.2) is 97.1 Å². The quantitative estimate of drug-likeness (QED) is 0.281. The van der Waals surface area contributed by atoms with E-state index in [4.69, 9.17) is 18.9 Å². The van der Waals surface area contributed by atoms with E-state index in [1.807, 2.05) is 0 Å². The Morgan fingerprint density at radius 3 is 1.89 bits per heavy atom. The van der Waals surface area contributed by atoms with Crippen molar-refractivity contribution in [1.82, 2.24) is 0 Å². The second-order valence-electron chi connectivity index (χ2n) is 9.43. The molecule has 35 heavy (non-hydrogen) atoms. The number of ether oxygens (including phenoxy) is 4. The summed E-state index contributed by atoms with van der Waals surface area (Å²) in [5, 5.41) is 0. The van der Waals surface area contributed by atoms with Crippen LogP contribution in [-0.4, -0.2) is 38.6 Å². The number of benzene rings is 4. The van der Waals surface area contributed by atoms with Gasteiger partial charge in [0.2, 0.25) is 0 Å². The first-order valence-electron chi connectivity index (χ1n) is 12.2. The van der Waals surface area contributed by atoms with Crippen molar-refractivity contribution < 1.29 is 18.9 Å². The highest BCUT2D eigenvalue weighted by Crippen LogP contribution is 2.56. The molecule has 4 aromatic carbocycles. The molecule has 2 saturated heterocycles. The van der Waals surface area contributed by atoms with E-state index in [1.165, 1.54) is 33.4 Å². The molecule has 0 radical (unpaired) electrons. The average molecular weight is 463 g/mol. The second kappa shape index (κ2) is 8.26. The molecule has 2 fully saturated rings. The third-order valence-corrected chi connectivity index (χ3v) is 7.19. The third-order valence-electron chi connectivity index (χ3n) is 7.19. The molecule has 4 aromatic rings. The van der Waals surface area contributed by atoms with Gasteiger partial charge in [-0.05, 0) is 57.6 Å². The molecule has 4 heteroatoms. The lowest BCUT2D eigenvalue weighted by Crippen LogP contribution is -2.28. The molecule has 1 aliphatic carbocycles. The van der Waals surface area contributed by atoms with Gasteiger partial charge in [0.1, 0.15) is 36.9 Å². The highest BCUT2D eigenvalue weighted by molar-refractivity contribution is 5.86. The number of fused-ring (bicyclic) bond motifs is 3. The highest BCUT2D eigenvalue weighted by Gasteiger charge is 2.46. The summed E-state index contributed by atoms with van der Waals surface area (Å²) >= 11 is 0. The first kappa shape index (κ1) is 20.7. The Morgan fingerprint density at radius 1 is 0.600 bits per heavy atom. The van der Waals surface area contributed by atoms with Crippen LogP contribution < -0.4 is 9.47 Å². The third kappa shape index (κ3) is 3.61. The molecule has 3 atom stereocenters. The molecule has 0 N–H and O–H groups in total. The van der Waals surface area contributed by atoms with E-state index in [2.05, 4.69) is 97.1 Å². The molecule has 0 bridgehead atoms. The Bertz CT molecular complexity index is 1360.